The Morgan fingerprint density at radius 3 is 3.00 bits per heavy atom. The number of nitrogens with one attached hydrogen (secondary N) is 2. The highest BCUT2D eigenvalue weighted by atomic mass is 127. The van der Waals surface area contributed by atoms with Crippen molar-refractivity contribution in [3.63, 3.8) is 0 Å². The van der Waals surface area contributed by atoms with Crippen molar-refractivity contribution in [1.29, 1.82) is 0 Å². The highest BCUT2D eigenvalue weighted by Crippen LogP contribution is 2.11. The molecule has 1 unspecified atom stereocenters. The predicted molar refractivity (Wildman–Crippen MR) is 110 cm³/mol. The van der Waals surface area contributed by atoms with E-state index in [1.165, 1.54) is 12.7 Å². The van der Waals surface area contributed by atoms with Crippen molar-refractivity contribution in [3.8, 4) is 0 Å². The Morgan fingerprint density at radius 1 is 1.38 bits per heavy atom. The molecule has 1 aliphatic rings. The minimum absolute atomic E-state index is 0. The molecule has 0 bridgehead atoms. The van der Waals surface area contributed by atoms with Crippen LogP contribution in [0.25, 0.3) is 0 Å². The Hall–Kier alpha value is -1.62. The minimum Gasteiger partial charge on any atom is -0.469 e. The summed E-state index contributed by atoms with van der Waals surface area (Å²) in [5.41, 5.74) is 0. The van der Waals surface area contributed by atoms with Gasteiger partial charge < -0.3 is 19.8 Å². The van der Waals surface area contributed by atoms with Gasteiger partial charge in [-0.3, -0.25) is 4.68 Å². The summed E-state index contributed by atoms with van der Waals surface area (Å²) in [6, 6.07) is 3.87. The molecule has 0 amide bonds. The molecule has 1 aliphatic heterocycles. The Labute approximate surface area is 170 Å². The summed E-state index contributed by atoms with van der Waals surface area (Å²) < 4.78 is 12.9. The number of rotatable bonds is 7. The average molecular weight is 474 g/mol. The van der Waals surface area contributed by atoms with Crippen LogP contribution in [0.2, 0.25) is 0 Å². The van der Waals surface area contributed by atoms with Gasteiger partial charge in [0.1, 0.15) is 24.5 Å². The highest BCUT2D eigenvalue weighted by Gasteiger charge is 2.14. The smallest absolute Gasteiger partial charge is 0.191 e. The first-order chi connectivity index (χ1) is 12.3. The second-order valence-electron chi connectivity index (χ2n) is 6.09. The Bertz CT molecular complexity index is 652. The first-order valence-electron chi connectivity index (χ1n) is 8.80. The van der Waals surface area contributed by atoms with Gasteiger partial charge in [0, 0.05) is 33.2 Å². The van der Waals surface area contributed by atoms with Gasteiger partial charge in [0.2, 0.25) is 0 Å². The zero-order valence-corrected chi connectivity index (χ0v) is 17.4. The maximum Gasteiger partial charge on any atom is 0.191 e. The Kier molecular flexibility index (Phi) is 8.89. The first kappa shape index (κ1) is 20.7. The third-order valence-electron chi connectivity index (χ3n) is 4.20. The number of hydrogen-bond donors (Lipinski definition) is 2. The van der Waals surface area contributed by atoms with Crippen LogP contribution in [0.5, 0.6) is 0 Å². The summed E-state index contributed by atoms with van der Waals surface area (Å²) in [4.78, 5) is 8.82. The van der Waals surface area contributed by atoms with E-state index in [9.17, 15) is 0 Å². The molecule has 144 valence electrons. The lowest BCUT2D eigenvalue weighted by Gasteiger charge is -2.23. The molecule has 26 heavy (non-hydrogen) atoms. The molecule has 1 fully saturated rings. The van der Waals surface area contributed by atoms with Crippen molar-refractivity contribution in [1.82, 2.24) is 25.4 Å². The number of aromatic nitrogens is 3. The standard InChI is InChI=1S/C17H26N6O2.HI/c1-23-16(21-13-22-23)12-20-17(18-8-7-14-6-4-10-24-14)19-11-15-5-2-3-9-25-15;/h4,6,10,13,15H,2-3,5,7-9,11-12H2,1H3,(H2,18,19,20);1H. The van der Waals surface area contributed by atoms with Crippen molar-refractivity contribution in [2.75, 3.05) is 19.7 Å². The van der Waals surface area contributed by atoms with E-state index in [4.69, 9.17) is 9.15 Å². The summed E-state index contributed by atoms with van der Waals surface area (Å²) in [6.45, 7) is 2.82. The van der Waals surface area contributed by atoms with Gasteiger partial charge in [-0.25, -0.2) is 9.98 Å². The van der Waals surface area contributed by atoms with Crippen LogP contribution in [0.4, 0.5) is 0 Å². The van der Waals surface area contributed by atoms with E-state index in [1.54, 1.807) is 10.9 Å². The first-order valence-corrected chi connectivity index (χ1v) is 8.80. The van der Waals surface area contributed by atoms with Crippen molar-refractivity contribution >= 4 is 29.9 Å². The summed E-state index contributed by atoms with van der Waals surface area (Å²) in [7, 11) is 1.87. The van der Waals surface area contributed by atoms with Gasteiger partial charge in [-0.1, -0.05) is 0 Å². The van der Waals surface area contributed by atoms with Crippen LogP contribution in [-0.2, 0) is 24.8 Å². The molecule has 0 spiro atoms. The topological polar surface area (TPSA) is 89.5 Å². The summed E-state index contributed by atoms with van der Waals surface area (Å²) in [5, 5.41) is 10.8. The average Bonchev–Trinajstić information content (AvgIpc) is 3.29. The van der Waals surface area contributed by atoms with E-state index in [0.29, 0.717) is 6.54 Å². The van der Waals surface area contributed by atoms with Crippen molar-refractivity contribution in [2.24, 2.45) is 12.0 Å². The van der Waals surface area contributed by atoms with E-state index in [-0.39, 0.29) is 30.1 Å². The lowest BCUT2D eigenvalue weighted by molar-refractivity contribution is 0.0194. The van der Waals surface area contributed by atoms with Crippen LogP contribution in [0.3, 0.4) is 0 Å². The summed E-state index contributed by atoms with van der Waals surface area (Å²) in [6.07, 6.45) is 7.76. The molecule has 2 aromatic rings. The second kappa shape index (κ2) is 11.2. The van der Waals surface area contributed by atoms with Gasteiger partial charge in [0.15, 0.2) is 5.96 Å². The predicted octanol–water partition coefficient (Wildman–Crippen LogP) is 1.87. The number of ether oxygens (including phenoxy) is 1. The lowest BCUT2D eigenvalue weighted by atomic mass is 10.1. The molecule has 3 rings (SSSR count). The molecular formula is C17H27IN6O2. The number of nitrogens with zero attached hydrogens (tertiary/aromatic N) is 4. The number of furan rings is 1. The van der Waals surface area contributed by atoms with Crippen LogP contribution in [-0.4, -0.2) is 46.5 Å². The molecule has 1 saturated heterocycles. The second-order valence-corrected chi connectivity index (χ2v) is 6.09. The molecule has 0 aromatic carbocycles. The van der Waals surface area contributed by atoms with E-state index in [2.05, 4.69) is 25.7 Å². The molecule has 1 atom stereocenters. The molecule has 2 aromatic heterocycles. The van der Waals surface area contributed by atoms with Crippen LogP contribution >= 0.6 is 24.0 Å². The molecular weight excluding hydrogens is 447 g/mol. The summed E-state index contributed by atoms with van der Waals surface area (Å²) in [5.74, 6) is 2.53. The normalized spacial score (nSPS) is 17.6. The molecule has 8 nitrogen and oxygen atoms in total. The van der Waals surface area contributed by atoms with E-state index in [0.717, 1.165) is 56.5 Å². The van der Waals surface area contributed by atoms with Crippen LogP contribution in [0, 0.1) is 0 Å². The number of hydrogen-bond acceptors (Lipinski definition) is 5. The monoisotopic (exact) mass is 474 g/mol. The number of guanidine groups is 1. The highest BCUT2D eigenvalue weighted by molar-refractivity contribution is 14.0. The lowest BCUT2D eigenvalue weighted by Crippen LogP contribution is -2.43. The van der Waals surface area contributed by atoms with Gasteiger partial charge in [-0.15, -0.1) is 24.0 Å². The van der Waals surface area contributed by atoms with E-state index < -0.39 is 0 Å². The molecule has 0 aliphatic carbocycles. The molecule has 9 heteroatoms. The number of aryl methyl sites for hydroxylation is 1. The van der Waals surface area contributed by atoms with Crippen LogP contribution < -0.4 is 10.6 Å². The number of aliphatic imine (C=N–C) groups is 1. The zero-order valence-electron chi connectivity index (χ0n) is 15.1. The largest absolute Gasteiger partial charge is 0.469 e. The van der Waals surface area contributed by atoms with Gasteiger partial charge in [-0.05, 0) is 31.4 Å². The van der Waals surface area contributed by atoms with Crippen molar-refractivity contribution in [2.45, 2.75) is 38.3 Å². The van der Waals surface area contributed by atoms with E-state index in [1.807, 2.05) is 19.2 Å². The van der Waals surface area contributed by atoms with Gasteiger partial charge in [-0.2, -0.15) is 5.10 Å². The summed E-state index contributed by atoms with van der Waals surface area (Å²) >= 11 is 0. The third-order valence-corrected chi connectivity index (χ3v) is 4.20. The quantitative estimate of drug-likeness (QED) is 0.362. The fraction of sp³-hybridized carbons (Fsp3) is 0.588. The van der Waals surface area contributed by atoms with Crippen LogP contribution in [0.15, 0.2) is 34.1 Å². The number of halogens is 1. The third kappa shape index (κ3) is 6.60. The fourth-order valence-electron chi connectivity index (χ4n) is 2.73. The Morgan fingerprint density at radius 2 is 2.31 bits per heavy atom. The fourth-order valence-corrected chi connectivity index (χ4v) is 2.73. The van der Waals surface area contributed by atoms with Crippen LogP contribution in [0.1, 0.15) is 30.8 Å². The maximum atomic E-state index is 5.77. The van der Waals surface area contributed by atoms with Crippen molar-refractivity contribution < 1.29 is 9.15 Å². The van der Waals surface area contributed by atoms with Gasteiger partial charge >= 0.3 is 0 Å². The van der Waals surface area contributed by atoms with E-state index >= 15 is 0 Å². The van der Waals surface area contributed by atoms with Gasteiger partial charge in [0.25, 0.3) is 0 Å². The molecule has 0 saturated carbocycles. The molecule has 2 N–H and O–H groups in total. The maximum absolute atomic E-state index is 5.77. The SMILES string of the molecule is Cn1ncnc1CN=C(NCCc1ccco1)NCC1CCCCO1.I. The molecule has 0 radical (unpaired) electrons. The minimum atomic E-state index is 0. The molecule has 3 heterocycles. The van der Waals surface area contributed by atoms with Crippen molar-refractivity contribution in [3.05, 3.63) is 36.3 Å². The Balaban J connectivity index is 0.00000243. The van der Waals surface area contributed by atoms with Gasteiger partial charge in [0.05, 0.1) is 12.4 Å². The zero-order chi connectivity index (χ0) is 17.3.